The third kappa shape index (κ3) is 4.05. The molecule has 24 heavy (non-hydrogen) atoms. The Morgan fingerprint density at radius 3 is 2.29 bits per heavy atom. The van der Waals surface area contributed by atoms with Crippen LogP contribution >= 0.6 is 0 Å². The molecular weight excluding hydrogens is 335 g/mol. The number of halogens is 1. The molecule has 126 valence electrons. The van der Waals surface area contributed by atoms with Crippen LogP contribution in [0.3, 0.4) is 0 Å². The molecule has 0 saturated heterocycles. The van der Waals surface area contributed by atoms with Crippen molar-refractivity contribution in [2.24, 2.45) is 0 Å². The van der Waals surface area contributed by atoms with E-state index in [-0.39, 0.29) is 21.8 Å². The molecule has 0 N–H and O–H groups in total. The Morgan fingerprint density at radius 1 is 1.04 bits per heavy atom. The van der Waals surface area contributed by atoms with E-state index >= 15 is 0 Å². The van der Waals surface area contributed by atoms with Gasteiger partial charge in [0.05, 0.1) is 16.2 Å². The summed E-state index contributed by atoms with van der Waals surface area (Å²) < 4.78 is 41.7. The molecule has 2 aromatic rings. The molecular formula is C17H15FO5S. The molecule has 2 rings (SSSR count). The van der Waals surface area contributed by atoms with Crippen LogP contribution in [-0.4, -0.2) is 32.5 Å². The Labute approximate surface area is 139 Å². The van der Waals surface area contributed by atoms with E-state index in [2.05, 4.69) is 0 Å². The normalized spacial score (nSPS) is 11.1. The van der Waals surface area contributed by atoms with Gasteiger partial charge in [0, 0.05) is 5.56 Å². The lowest BCUT2D eigenvalue weighted by Gasteiger charge is -2.09. The summed E-state index contributed by atoms with van der Waals surface area (Å²) >= 11 is 0. The second-order valence-electron chi connectivity index (χ2n) is 4.91. The number of Topliss-reactive ketones (excluding diaryl/α,β-unsaturated/α-hetero) is 1. The van der Waals surface area contributed by atoms with Gasteiger partial charge in [-0.15, -0.1) is 0 Å². The fourth-order valence-corrected chi connectivity index (χ4v) is 3.07. The quantitative estimate of drug-likeness (QED) is 0.591. The van der Waals surface area contributed by atoms with Gasteiger partial charge in [-0.2, -0.15) is 0 Å². The van der Waals surface area contributed by atoms with Gasteiger partial charge in [-0.1, -0.05) is 19.1 Å². The lowest BCUT2D eigenvalue weighted by Crippen LogP contribution is -2.17. The molecule has 7 heteroatoms. The summed E-state index contributed by atoms with van der Waals surface area (Å²) in [5.74, 6) is -2.06. The Balaban J connectivity index is 2.14. The van der Waals surface area contributed by atoms with Crippen molar-refractivity contribution in [2.75, 3.05) is 12.4 Å². The molecule has 0 spiro atoms. The summed E-state index contributed by atoms with van der Waals surface area (Å²) in [6.45, 7) is 0.903. The smallest absolute Gasteiger partial charge is 0.339 e. The molecule has 0 saturated carbocycles. The van der Waals surface area contributed by atoms with Gasteiger partial charge >= 0.3 is 5.97 Å². The molecule has 2 aromatic carbocycles. The van der Waals surface area contributed by atoms with Crippen molar-refractivity contribution in [2.45, 2.75) is 11.8 Å². The van der Waals surface area contributed by atoms with Crippen molar-refractivity contribution < 1.29 is 27.1 Å². The molecule has 0 unspecified atom stereocenters. The van der Waals surface area contributed by atoms with Crippen LogP contribution in [0, 0.1) is 5.82 Å². The molecule has 0 bridgehead atoms. The molecule has 0 aliphatic heterocycles. The van der Waals surface area contributed by atoms with Gasteiger partial charge in [-0.05, 0) is 36.4 Å². The van der Waals surface area contributed by atoms with Gasteiger partial charge in [-0.3, -0.25) is 4.79 Å². The van der Waals surface area contributed by atoms with E-state index in [1.165, 1.54) is 43.3 Å². The number of benzene rings is 2. The van der Waals surface area contributed by atoms with E-state index in [0.29, 0.717) is 0 Å². The number of ketones is 1. The van der Waals surface area contributed by atoms with E-state index < -0.39 is 34.0 Å². The minimum Gasteiger partial charge on any atom is -0.454 e. The van der Waals surface area contributed by atoms with E-state index in [0.717, 1.165) is 12.1 Å². The predicted molar refractivity (Wildman–Crippen MR) is 85.2 cm³/mol. The summed E-state index contributed by atoms with van der Waals surface area (Å²) in [6, 6.07) is 10.5. The van der Waals surface area contributed by atoms with Gasteiger partial charge in [0.25, 0.3) is 0 Å². The van der Waals surface area contributed by atoms with E-state index in [9.17, 15) is 22.4 Å². The van der Waals surface area contributed by atoms with Crippen LogP contribution in [0.4, 0.5) is 4.39 Å². The molecule has 0 aliphatic carbocycles. The highest BCUT2D eigenvalue weighted by molar-refractivity contribution is 7.91. The van der Waals surface area contributed by atoms with Crippen LogP contribution in [0.5, 0.6) is 0 Å². The van der Waals surface area contributed by atoms with Crippen LogP contribution in [0.1, 0.15) is 27.6 Å². The molecule has 0 amide bonds. The van der Waals surface area contributed by atoms with Crippen LogP contribution in [0.25, 0.3) is 0 Å². The summed E-state index contributed by atoms with van der Waals surface area (Å²) in [5, 5.41) is 0. The Morgan fingerprint density at radius 2 is 1.67 bits per heavy atom. The zero-order valence-electron chi connectivity index (χ0n) is 12.9. The highest BCUT2D eigenvalue weighted by atomic mass is 32.2. The number of carbonyl (C=O) groups excluding carboxylic acids is 2. The predicted octanol–water partition coefficient (Wildman–Crippen LogP) is 2.66. The fourth-order valence-electron chi connectivity index (χ4n) is 1.99. The number of hydrogen-bond acceptors (Lipinski definition) is 5. The lowest BCUT2D eigenvalue weighted by molar-refractivity contribution is 0.0471. The van der Waals surface area contributed by atoms with E-state index in [1.807, 2.05) is 0 Å². The van der Waals surface area contributed by atoms with Crippen molar-refractivity contribution in [3.05, 3.63) is 65.5 Å². The SMILES string of the molecule is CCS(=O)(=O)c1ccccc1C(=O)OCC(=O)c1ccc(F)cc1. The Bertz CT molecular complexity index is 857. The standard InChI is InChI=1S/C17H15FO5S/c1-2-24(21,22)16-6-4-3-5-14(16)17(20)23-11-15(19)12-7-9-13(18)10-8-12/h3-10H,2,11H2,1H3. The zero-order valence-corrected chi connectivity index (χ0v) is 13.7. The first-order chi connectivity index (χ1) is 11.3. The third-order valence-electron chi connectivity index (χ3n) is 3.32. The van der Waals surface area contributed by atoms with Gasteiger partial charge in [0.15, 0.2) is 22.2 Å². The van der Waals surface area contributed by atoms with Crippen molar-refractivity contribution in [3.8, 4) is 0 Å². The van der Waals surface area contributed by atoms with Crippen molar-refractivity contribution in [1.82, 2.24) is 0 Å². The molecule has 5 nitrogen and oxygen atoms in total. The first-order valence-electron chi connectivity index (χ1n) is 7.13. The van der Waals surface area contributed by atoms with Crippen molar-refractivity contribution in [1.29, 1.82) is 0 Å². The number of sulfone groups is 1. The molecule has 0 aromatic heterocycles. The number of esters is 1. The first-order valence-corrected chi connectivity index (χ1v) is 8.78. The van der Waals surface area contributed by atoms with Gasteiger partial charge in [0.2, 0.25) is 0 Å². The molecule has 0 fully saturated rings. The van der Waals surface area contributed by atoms with Crippen LogP contribution < -0.4 is 0 Å². The van der Waals surface area contributed by atoms with E-state index in [1.54, 1.807) is 0 Å². The van der Waals surface area contributed by atoms with Crippen LogP contribution in [0.15, 0.2) is 53.4 Å². The molecule has 0 aliphatic rings. The van der Waals surface area contributed by atoms with Crippen molar-refractivity contribution >= 4 is 21.6 Å². The average Bonchev–Trinajstić information content (AvgIpc) is 2.60. The third-order valence-corrected chi connectivity index (χ3v) is 5.11. The van der Waals surface area contributed by atoms with Gasteiger partial charge in [-0.25, -0.2) is 17.6 Å². The largest absolute Gasteiger partial charge is 0.454 e. The monoisotopic (exact) mass is 350 g/mol. The summed E-state index contributed by atoms with van der Waals surface area (Å²) in [6.07, 6.45) is 0. The van der Waals surface area contributed by atoms with Crippen LogP contribution in [-0.2, 0) is 14.6 Å². The number of rotatable bonds is 6. The highest BCUT2D eigenvalue weighted by Gasteiger charge is 2.22. The maximum atomic E-state index is 12.8. The van der Waals surface area contributed by atoms with E-state index in [4.69, 9.17) is 4.74 Å². The summed E-state index contributed by atoms with van der Waals surface area (Å²) in [4.78, 5) is 23.9. The maximum Gasteiger partial charge on any atom is 0.339 e. The summed E-state index contributed by atoms with van der Waals surface area (Å²) in [5.41, 5.74) is 0.0740. The Kier molecular flexibility index (Phi) is 5.46. The molecule has 0 atom stereocenters. The number of ether oxygens (including phenoxy) is 1. The molecule has 0 heterocycles. The van der Waals surface area contributed by atoms with Crippen molar-refractivity contribution in [3.63, 3.8) is 0 Å². The minimum absolute atomic E-state index is 0.119. The fraction of sp³-hybridized carbons (Fsp3) is 0.176. The number of carbonyl (C=O) groups is 2. The second-order valence-corrected chi connectivity index (χ2v) is 7.15. The van der Waals surface area contributed by atoms with Crippen LogP contribution in [0.2, 0.25) is 0 Å². The average molecular weight is 350 g/mol. The molecule has 0 radical (unpaired) electrons. The van der Waals surface area contributed by atoms with Gasteiger partial charge in [0.1, 0.15) is 5.82 Å². The van der Waals surface area contributed by atoms with Gasteiger partial charge < -0.3 is 4.74 Å². The minimum atomic E-state index is -3.60. The second kappa shape index (κ2) is 7.35. The summed E-state index contributed by atoms with van der Waals surface area (Å²) in [7, 11) is -3.60. The lowest BCUT2D eigenvalue weighted by atomic mass is 10.1. The Hall–Kier alpha value is -2.54. The highest BCUT2D eigenvalue weighted by Crippen LogP contribution is 2.18. The first kappa shape index (κ1) is 17.8. The number of hydrogen-bond donors (Lipinski definition) is 0. The topological polar surface area (TPSA) is 77.5 Å². The maximum absolute atomic E-state index is 12.8. The zero-order chi connectivity index (χ0) is 17.7.